The van der Waals surface area contributed by atoms with Gasteiger partial charge in [0.15, 0.2) is 0 Å². The van der Waals surface area contributed by atoms with Crippen molar-refractivity contribution in [3.63, 3.8) is 0 Å². The fourth-order valence-corrected chi connectivity index (χ4v) is 2.98. The number of nitrogens with one attached hydrogen (secondary N) is 1. The highest BCUT2D eigenvalue weighted by Crippen LogP contribution is 2.32. The summed E-state index contributed by atoms with van der Waals surface area (Å²) in [5, 5.41) is 8.78. The lowest BCUT2D eigenvalue weighted by Gasteiger charge is -2.09. The van der Waals surface area contributed by atoms with Crippen molar-refractivity contribution in [2.75, 3.05) is 0 Å². The third kappa shape index (κ3) is 2.74. The van der Waals surface area contributed by atoms with Crippen LogP contribution < -0.4 is 0 Å². The van der Waals surface area contributed by atoms with E-state index in [1.807, 2.05) is 25.1 Å². The maximum absolute atomic E-state index is 13.2. The highest BCUT2D eigenvalue weighted by Gasteiger charge is 2.10. The Morgan fingerprint density at radius 1 is 1.27 bits per heavy atom. The van der Waals surface area contributed by atoms with Gasteiger partial charge in [0.05, 0.1) is 21.8 Å². The number of hydrogen-bond acceptors (Lipinski definition) is 1. The van der Waals surface area contributed by atoms with E-state index in [2.05, 4.69) is 10.2 Å². The van der Waals surface area contributed by atoms with Gasteiger partial charge >= 0.3 is 0 Å². The van der Waals surface area contributed by atoms with Crippen LogP contribution in [0.4, 0.5) is 4.39 Å². The van der Waals surface area contributed by atoms with Crippen molar-refractivity contribution in [1.82, 2.24) is 10.2 Å². The maximum Gasteiger partial charge on any atom is 0.124 e. The van der Waals surface area contributed by atoms with Crippen LogP contribution in [0.1, 0.15) is 24.5 Å². The van der Waals surface area contributed by atoms with Crippen molar-refractivity contribution in [2.45, 2.75) is 13.3 Å². The lowest BCUT2D eigenvalue weighted by atomic mass is 10.00. The Kier molecular flexibility index (Phi) is 4.19. The van der Waals surface area contributed by atoms with Crippen LogP contribution in [0.2, 0.25) is 10.0 Å². The number of rotatable bonds is 3. The minimum absolute atomic E-state index is 0.345. The summed E-state index contributed by atoms with van der Waals surface area (Å²) in [6.45, 7) is 2.02. The molecule has 0 saturated heterocycles. The highest BCUT2D eigenvalue weighted by atomic mass is 35.5. The molecule has 112 valence electrons. The van der Waals surface area contributed by atoms with E-state index in [9.17, 15) is 4.39 Å². The maximum atomic E-state index is 13.2. The number of aromatic nitrogens is 2. The Balaban J connectivity index is 2.12. The first kappa shape index (κ1) is 15.1. The van der Waals surface area contributed by atoms with Crippen LogP contribution in [-0.4, -0.2) is 10.2 Å². The molecule has 0 saturated carbocycles. The second-order valence-corrected chi connectivity index (χ2v) is 5.73. The van der Waals surface area contributed by atoms with Gasteiger partial charge in [0.25, 0.3) is 0 Å². The summed E-state index contributed by atoms with van der Waals surface area (Å²) in [5.74, 6) is -0.345. The van der Waals surface area contributed by atoms with Gasteiger partial charge in [0, 0.05) is 5.39 Å². The Labute approximate surface area is 137 Å². The quantitative estimate of drug-likeness (QED) is 0.588. The molecular formula is C17H13Cl2FN2. The topological polar surface area (TPSA) is 28.7 Å². The molecule has 3 rings (SSSR count). The van der Waals surface area contributed by atoms with Gasteiger partial charge in [0.1, 0.15) is 5.82 Å². The van der Waals surface area contributed by atoms with E-state index in [1.165, 1.54) is 12.1 Å². The molecule has 0 aliphatic heterocycles. The third-order valence-electron chi connectivity index (χ3n) is 3.58. The number of allylic oxidation sites excluding steroid dienone is 1. The van der Waals surface area contributed by atoms with Crippen molar-refractivity contribution < 1.29 is 4.39 Å². The number of aromatic amines is 1. The predicted molar refractivity (Wildman–Crippen MR) is 90.7 cm³/mol. The first-order chi connectivity index (χ1) is 10.6. The van der Waals surface area contributed by atoms with Crippen LogP contribution >= 0.6 is 23.2 Å². The van der Waals surface area contributed by atoms with E-state index in [-0.39, 0.29) is 5.82 Å². The van der Waals surface area contributed by atoms with E-state index in [0.717, 1.165) is 34.0 Å². The summed E-state index contributed by atoms with van der Waals surface area (Å²) in [7, 11) is 0. The first-order valence-corrected chi connectivity index (χ1v) is 7.63. The van der Waals surface area contributed by atoms with Crippen LogP contribution in [-0.2, 0) is 0 Å². The average Bonchev–Trinajstić information content (AvgIpc) is 2.97. The smallest absolute Gasteiger partial charge is 0.124 e. The fourth-order valence-electron chi connectivity index (χ4n) is 2.42. The molecular weight excluding hydrogens is 322 g/mol. The number of halogens is 3. The standard InChI is InChI=1S/C17H13Cl2FN2/c1-2-10(13-5-4-12(20)8-15(13)18)7-11-3-6-16-14(17(11)19)9-21-22-16/h3-9H,2H2,1H3,(H,21,22)/b10-7+. The largest absolute Gasteiger partial charge is 0.278 e. The zero-order valence-corrected chi connectivity index (χ0v) is 13.3. The average molecular weight is 335 g/mol. The van der Waals surface area contributed by atoms with Gasteiger partial charge in [0.2, 0.25) is 0 Å². The number of H-pyrrole nitrogens is 1. The molecule has 1 N–H and O–H groups in total. The van der Waals surface area contributed by atoms with Crippen molar-refractivity contribution in [3.05, 3.63) is 63.5 Å². The van der Waals surface area contributed by atoms with Gasteiger partial charge in [-0.05, 0) is 47.4 Å². The minimum Gasteiger partial charge on any atom is -0.278 e. The highest BCUT2D eigenvalue weighted by molar-refractivity contribution is 6.37. The molecule has 3 aromatic rings. The lowest BCUT2D eigenvalue weighted by molar-refractivity contribution is 0.628. The summed E-state index contributed by atoms with van der Waals surface area (Å²) in [6, 6.07) is 8.28. The Hall–Kier alpha value is -1.84. The molecule has 0 amide bonds. The van der Waals surface area contributed by atoms with E-state index >= 15 is 0 Å². The minimum atomic E-state index is -0.345. The molecule has 2 nitrogen and oxygen atoms in total. The SMILES string of the molecule is CC/C(=C\c1ccc2[nH]ncc2c1Cl)c1ccc(F)cc1Cl. The lowest BCUT2D eigenvalue weighted by Crippen LogP contribution is -1.88. The van der Waals surface area contributed by atoms with Crippen molar-refractivity contribution in [2.24, 2.45) is 0 Å². The summed E-state index contributed by atoms with van der Waals surface area (Å²) in [6.07, 6.45) is 4.44. The van der Waals surface area contributed by atoms with E-state index in [4.69, 9.17) is 23.2 Å². The number of benzene rings is 2. The second kappa shape index (κ2) is 6.11. The molecule has 0 aliphatic rings. The third-order valence-corrected chi connectivity index (χ3v) is 4.31. The molecule has 1 aromatic heterocycles. The molecule has 1 heterocycles. The Morgan fingerprint density at radius 2 is 2.09 bits per heavy atom. The molecule has 0 spiro atoms. The zero-order valence-electron chi connectivity index (χ0n) is 11.8. The van der Waals surface area contributed by atoms with Crippen LogP contribution in [0.5, 0.6) is 0 Å². The van der Waals surface area contributed by atoms with Gasteiger partial charge in [-0.15, -0.1) is 0 Å². The Bertz CT molecular complexity index is 868. The molecule has 0 aliphatic carbocycles. The molecule has 0 radical (unpaired) electrons. The fraction of sp³-hybridized carbons (Fsp3) is 0.118. The first-order valence-electron chi connectivity index (χ1n) is 6.87. The van der Waals surface area contributed by atoms with Crippen LogP contribution in [0.3, 0.4) is 0 Å². The van der Waals surface area contributed by atoms with Gasteiger partial charge in [-0.1, -0.05) is 42.3 Å². The normalized spacial score (nSPS) is 12.1. The summed E-state index contributed by atoms with van der Waals surface area (Å²) in [5.41, 5.74) is 3.58. The molecule has 0 bridgehead atoms. The molecule has 2 aromatic carbocycles. The van der Waals surface area contributed by atoms with Crippen molar-refractivity contribution >= 4 is 45.8 Å². The van der Waals surface area contributed by atoms with E-state index < -0.39 is 0 Å². The summed E-state index contributed by atoms with van der Waals surface area (Å²) < 4.78 is 13.2. The number of nitrogens with zero attached hydrogens (tertiary/aromatic N) is 1. The zero-order chi connectivity index (χ0) is 15.7. The summed E-state index contributed by atoms with van der Waals surface area (Å²) >= 11 is 12.6. The van der Waals surface area contributed by atoms with Crippen LogP contribution in [0, 0.1) is 5.82 Å². The molecule has 22 heavy (non-hydrogen) atoms. The van der Waals surface area contributed by atoms with Crippen molar-refractivity contribution in [3.8, 4) is 0 Å². The predicted octanol–water partition coefficient (Wildman–Crippen LogP) is 5.96. The number of hydrogen-bond donors (Lipinski definition) is 1. The molecule has 5 heteroatoms. The monoisotopic (exact) mass is 334 g/mol. The molecule has 0 atom stereocenters. The number of fused-ring (bicyclic) bond motifs is 1. The van der Waals surface area contributed by atoms with Gasteiger partial charge in [-0.25, -0.2) is 4.39 Å². The van der Waals surface area contributed by atoms with Gasteiger partial charge in [-0.3, -0.25) is 5.10 Å². The van der Waals surface area contributed by atoms with Crippen molar-refractivity contribution in [1.29, 1.82) is 0 Å². The summed E-state index contributed by atoms with van der Waals surface area (Å²) in [4.78, 5) is 0. The van der Waals surface area contributed by atoms with E-state index in [0.29, 0.717) is 10.0 Å². The second-order valence-electron chi connectivity index (χ2n) is 4.95. The van der Waals surface area contributed by atoms with Crippen LogP contribution in [0.25, 0.3) is 22.6 Å². The van der Waals surface area contributed by atoms with Gasteiger partial charge < -0.3 is 0 Å². The van der Waals surface area contributed by atoms with E-state index in [1.54, 1.807) is 12.3 Å². The molecule has 0 unspecified atom stereocenters. The van der Waals surface area contributed by atoms with Gasteiger partial charge in [-0.2, -0.15) is 5.10 Å². The van der Waals surface area contributed by atoms with Crippen LogP contribution in [0.15, 0.2) is 36.5 Å². The molecule has 0 fully saturated rings. The Morgan fingerprint density at radius 3 is 2.82 bits per heavy atom.